The number of aromatic nitrogens is 2. The van der Waals surface area contributed by atoms with E-state index in [0.717, 1.165) is 11.3 Å². The number of benzene rings is 1. The van der Waals surface area contributed by atoms with Gasteiger partial charge in [0.25, 0.3) is 0 Å². The molecule has 6 heteroatoms. The summed E-state index contributed by atoms with van der Waals surface area (Å²) in [5, 5.41) is 1.95. The molecule has 4 nitrogen and oxygen atoms in total. The average molecular weight is 356 g/mol. The molecule has 128 valence electrons. The van der Waals surface area contributed by atoms with Crippen LogP contribution in [0.4, 0.5) is 4.39 Å². The largest absolute Gasteiger partial charge is 0.461 e. The number of pyridine rings is 1. The number of thiazole rings is 1. The number of hydrogen-bond donors (Lipinski definition) is 0. The van der Waals surface area contributed by atoms with Crippen LogP contribution in [-0.2, 0) is 4.74 Å². The van der Waals surface area contributed by atoms with Crippen molar-refractivity contribution in [1.82, 2.24) is 9.97 Å². The first-order valence-electron chi connectivity index (χ1n) is 7.86. The molecule has 0 saturated heterocycles. The lowest BCUT2D eigenvalue weighted by Crippen LogP contribution is -2.09. The number of carbonyl (C=O) groups is 1. The minimum Gasteiger partial charge on any atom is -0.461 e. The van der Waals surface area contributed by atoms with Crippen molar-refractivity contribution >= 4 is 17.3 Å². The monoisotopic (exact) mass is 356 g/mol. The molecule has 0 radical (unpaired) electrons. The van der Waals surface area contributed by atoms with Crippen molar-refractivity contribution in [3.8, 4) is 11.3 Å². The molecule has 3 rings (SSSR count). The number of nitrogens with zero attached hydrogens (tertiary/aromatic N) is 2. The maximum absolute atomic E-state index is 15.0. The molecule has 3 aromatic rings. The second-order valence-electron chi connectivity index (χ2n) is 5.50. The van der Waals surface area contributed by atoms with Gasteiger partial charge in [-0.25, -0.2) is 19.2 Å². The molecule has 1 atom stereocenters. The van der Waals surface area contributed by atoms with Crippen molar-refractivity contribution in [2.24, 2.45) is 0 Å². The highest BCUT2D eigenvalue weighted by Gasteiger charge is 2.19. The summed E-state index contributed by atoms with van der Waals surface area (Å²) in [4.78, 5) is 20.1. The molecular weight excluding hydrogens is 339 g/mol. The fraction of sp³-hybridized carbons (Fsp3) is 0.211. The fourth-order valence-electron chi connectivity index (χ4n) is 2.49. The summed E-state index contributed by atoms with van der Waals surface area (Å²) < 4.78 is 20.0. The molecule has 0 amide bonds. The summed E-state index contributed by atoms with van der Waals surface area (Å²) in [5.41, 5.74) is 5.31. The predicted molar refractivity (Wildman–Crippen MR) is 95.4 cm³/mol. The SMILES string of the molecule is CCOC(=O)c1cc(C(F)c2ccc(-c3cscn3)cc2)c(C)cn1. The summed E-state index contributed by atoms with van der Waals surface area (Å²) in [5.74, 6) is -0.546. The van der Waals surface area contributed by atoms with Crippen molar-refractivity contribution in [1.29, 1.82) is 0 Å². The summed E-state index contributed by atoms with van der Waals surface area (Å²) in [6.07, 6.45) is 0.151. The highest BCUT2D eigenvalue weighted by Crippen LogP contribution is 2.30. The lowest BCUT2D eigenvalue weighted by Gasteiger charge is -2.13. The number of aryl methyl sites for hydroxylation is 1. The second kappa shape index (κ2) is 7.53. The first-order chi connectivity index (χ1) is 12.1. The summed E-state index contributed by atoms with van der Waals surface area (Å²) in [6, 6.07) is 8.64. The van der Waals surface area contributed by atoms with E-state index < -0.39 is 12.1 Å². The zero-order valence-electron chi connectivity index (χ0n) is 13.9. The van der Waals surface area contributed by atoms with Crippen molar-refractivity contribution < 1.29 is 13.9 Å². The Balaban J connectivity index is 1.88. The van der Waals surface area contributed by atoms with Crippen molar-refractivity contribution in [3.63, 3.8) is 0 Å². The Bertz CT molecular complexity index is 864. The third-order valence-electron chi connectivity index (χ3n) is 3.83. The van der Waals surface area contributed by atoms with Gasteiger partial charge in [-0.1, -0.05) is 24.3 Å². The Morgan fingerprint density at radius 1 is 1.28 bits per heavy atom. The van der Waals surface area contributed by atoms with Crippen LogP contribution >= 0.6 is 11.3 Å². The van der Waals surface area contributed by atoms with Gasteiger partial charge < -0.3 is 4.74 Å². The van der Waals surface area contributed by atoms with Crippen molar-refractivity contribution in [3.05, 3.63) is 69.8 Å². The lowest BCUT2D eigenvalue weighted by atomic mass is 9.98. The third kappa shape index (κ3) is 3.74. The van der Waals surface area contributed by atoms with Crippen LogP contribution in [0.25, 0.3) is 11.3 Å². The van der Waals surface area contributed by atoms with Crippen molar-refractivity contribution in [2.75, 3.05) is 6.61 Å². The van der Waals surface area contributed by atoms with Gasteiger partial charge in [0.2, 0.25) is 0 Å². The van der Waals surface area contributed by atoms with Gasteiger partial charge in [-0.3, -0.25) is 0 Å². The molecule has 0 bridgehead atoms. The molecule has 2 heterocycles. The van der Waals surface area contributed by atoms with Crippen LogP contribution in [0.2, 0.25) is 0 Å². The Hall–Kier alpha value is -2.60. The molecule has 0 fully saturated rings. The van der Waals surface area contributed by atoms with Gasteiger partial charge in [0.05, 0.1) is 17.8 Å². The van der Waals surface area contributed by atoms with Crippen LogP contribution in [0.3, 0.4) is 0 Å². The van der Waals surface area contributed by atoms with Crippen molar-refractivity contribution in [2.45, 2.75) is 20.0 Å². The lowest BCUT2D eigenvalue weighted by molar-refractivity contribution is 0.0519. The molecule has 1 aromatic carbocycles. The topological polar surface area (TPSA) is 52.1 Å². The van der Waals surface area contributed by atoms with Crippen LogP contribution < -0.4 is 0 Å². The molecular formula is C19H17FN2O2S. The highest BCUT2D eigenvalue weighted by molar-refractivity contribution is 7.07. The van der Waals surface area contributed by atoms with Crippen LogP contribution in [0, 0.1) is 6.92 Å². The molecule has 0 aliphatic carbocycles. The predicted octanol–water partition coefficient (Wildman–Crippen LogP) is 4.75. The van der Waals surface area contributed by atoms with Gasteiger partial charge in [0.15, 0.2) is 6.17 Å². The number of carbonyl (C=O) groups excluding carboxylic acids is 1. The van der Waals surface area contributed by atoms with E-state index in [-0.39, 0.29) is 12.3 Å². The summed E-state index contributed by atoms with van der Waals surface area (Å²) in [6.45, 7) is 3.74. The van der Waals surface area contributed by atoms with E-state index in [0.29, 0.717) is 16.7 Å². The number of ether oxygens (including phenoxy) is 1. The van der Waals surface area contributed by atoms with Crippen LogP contribution in [0.1, 0.15) is 40.3 Å². The molecule has 1 unspecified atom stereocenters. The van der Waals surface area contributed by atoms with Crippen LogP contribution in [-0.4, -0.2) is 22.5 Å². The van der Waals surface area contributed by atoms with E-state index in [4.69, 9.17) is 4.74 Å². The smallest absolute Gasteiger partial charge is 0.356 e. The third-order valence-corrected chi connectivity index (χ3v) is 4.42. The first kappa shape index (κ1) is 17.2. The number of halogens is 1. The molecule has 0 aliphatic rings. The molecule has 2 aromatic heterocycles. The standard InChI is InChI=1S/C19H17FN2O2S/c1-3-24-19(23)16-8-15(12(2)9-21-16)18(20)14-6-4-13(5-7-14)17-10-25-11-22-17/h4-11,18H,3H2,1-2H3. The summed E-state index contributed by atoms with van der Waals surface area (Å²) >= 11 is 1.52. The minimum atomic E-state index is -1.35. The Labute approximate surface area is 149 Å². The second-order valence-corrected chi connectivity index (χ2v) is 6.22. The maximum atomic E-state index is 15.0. The van der Waals surface area contributed by atoms with E-state index in [1.54, 1.807) is 31.5 Å². The fourth-order valence-corrected chi connectivity index (χ4v) is 3.05. The zero-order valence-corrected chi connectivity index (χ0v) is 14.7. The summed E-state index contributed by atoms with van der Waals surface area (Å²) in [7, 11) is 0. The van der Waals surface area contributed by atoms with Gasteiger partial charge in [0, 0.05) is 17.1 Å². The van der Waals surface area contributed by atoms with Gasteiger partial charge in [0.1, 0.15) is 5.69 Å². The normalized spacial score (nSPS) is 12.0. The number of rotatable bonds is 5. The first-order valence-corrected chi connectivity index (χ1v) is 8.80. The van der Waals surface area contributed by atoms with Gasteiger partial charge in [-0.15, -0.1) is 11.3 Å². The molecule has 0 aliphatic heterocycles. The maximum Gasteiger partial charge on any atom is 0.356 e. The van der Waals surface area contributed by atoms with Gasteiger partial charge >= 0.3 is 5.97 Å². The number of hydrogen-bond acceptors (Lipinski definition) is 5. The van der Waals surface area contributed by atoms with Gasteiger partial charge in [-0.2, -0.15) is 0 Å². The van der Waals surface area contributed by atoms with E-state index in [2.05, 4.69) is 9.97 Å². The Morgan fingerprint density at radius 3 is 2.68 bits per heavy atom. The van der Waals surface area contributed by atoms with Crippen LogP contribution in [0.15, 0.2) is 47.4 Å². The van der Waals surface area contributed by atoms with E-state index >= 15 is 4.39 Å². The quantitative estimate of drug-likeness (QED) is 0.619. The Kier molecular flexibility index (Phi) is 5.19. The van der Waals surface area contributed by atoms with E-state index in [1.165, 1.54) is 23.6 Å². The zero-order chi connectivity index (χ0) is 17.8. The number of esters is 1. The minimum absolute atomic E-state index is 0.115. The number of alkyl halides is 1. The van der Waals surface area contributed by atoms with Gasteiger partial charge in [-0.05, 0) is 36.6 Å². The van der Waals surface area contributed by atoms with E-state index in [1.807, 2.05) is 17.5 Å². The van der Waals surface area contributed by atoms with Crippen LogP contribution in [0.5, 0.6) is 0 Å². The highest BCUT2D eigenvalue weighted by atomic mass is 32.1. The Morgan fingerprint density at radius 2 is 2.04 bits per heavy atom. The molecule has 0 saturated carbocycles. The molecule has 25 heavy (non-hydrogen) atoms. The molecule has 0 N–H and O–H groups in total. The average Bonchev–Trinajstić information content (AvgIpc) is 3.16. The molecule has 0 spiro atoms. The van der Waals surface area contributed by atoms with E-state index in [9.17, 15) is 4.79 Å².